The molecule has 1 aliphatic heterocycles. The van der Waals surface area contributed by atoms with E-state index in [-0.39, 0.29) is 11.9 Å². The van der Waals surface area contributed by atoms with E-state index < -0.39 is 35.2 Å². The quantitative estimate of drug-likeness (QED) is 0.218. The van der Waals surface area contributed by atoms with Crippen molar-refractivity contribution in [3.05, 3.63) is 36.9 Å². The van der Waals surface area contributed by atoms with Crippen molar-refractivity contribution in [3.8, 4) is 28.7 Å². The highest BCUT2D eigenvalue weighted by molar-refractivity contribution is 6.09. The van der Waals surface area contributed by atoms with Gasteiger partial charge in [0.15, 0.2) is 12.0 Å². The van der Waals surface area contributed by atoms with Crippen molar-refractivity contribution in [2.45, 2.75) is 109 Å². The number of nitrogens with zero attached hydrogens (tertiary/aromatic N) is 9. The summed E-state index contributed by atoms with van der Waals surface area (Å²) in [7, 11) is 1.68. The average Bonchev–Trinajstić information content (AvgIpc) is 3.77. The number of rotatable bonds is 7. The van der Waals surface area contributed by atoms with Crippen molar-refractivity contribution in [2.75, 3.05) is 18.6 Å². The van der Waals surface area contributed by atoms with Crippen LogP contribution in [0, 0.1) is 11.3 Å². The zero-order valence-electron chi connectivity index (χ0n) is 29.0. The Kier molecular flexibility index (Phi) is 8.97. The molecule has 0 spiro atoms. The Balaban J connectivity index is 1.46. The Hall–Kier alpha value is -4.81. The van der Waals surface area contributed by atoms with E-state index >= 15 is 0 Å². The molecular formula is C34H43N9O6. The van der Waals surface area contributed by atoms with Crippen LogP contribution in [-0.2, 0) is 24.5 Å². The second-order valence-corrected chi connectivity index (χ2v) is 14.6. The number of methoxy groups -OCH3 is 1. The van der Waals surface area contributed by atoms with Gasteiger partial charge >= 0.3 is 12.2 Å². The van der Waals surface area contributed by atoms with Crippen LogP contribution >= 0.6 is 0 Å². The van der Waals surface area contributed by atoms with Gasteiger partial charge in [-0.25, -0.2) is 23.8 Å². The van der Waals surface area contributed by atoms with Crippen molar-refractivity contribution in [3.63, 3.8) is 0 Å². The number of amides is 2. The number of carbonyl (C=O) groups is 2. The number of anilines is 1. The molecule has 4 aromatic rings. The number of fused-ring (bicyclic) bond motifs is 1. The lowest BCUT2D eigenvalue weighted by molar-refractivity contribution is -0.0542. The maximum Gasteiger partial charge on any atom is 0.425 e. The molecule has 1 atom stereocenters. The Morgan fingerprint density at radius 1 is 1.06 bits per heavy atom. The van der Waals surface area contributed by atoms with Gasteiger partial charge in [0.25, 0.3) is 0 Å². The van der Waals surface area contributed by atoms with Crippen molar-refractivity contribution >= 4 is 23.5 Å². The zero-order chi connectivity index (χ0) is 35.1. The molecule has 4 aromatic heterocycles. The summed E-state index contributed by atoms with van der Waals surface area (Å²) in [5, 5.41) is 23.6. The summed E-state index contributed by atoms with van der Waals surface area (Å²) in [6, 6.07) is 5.77. The first-order valence-corrected chi connectivity index (χ1v) is 16.5. The van der Waals surface area contributed by atoms with Gasteiger partial charge in [0.2, 0.25) is 0 Å². The van der Waals surface area contributed by atoms with Gasteiger partial charge in [-0.15, -0.1) is 0 Å². The minimum atomic E-state index is -0.910. The summed E-state index contributed by atoms with van der Waals surface area (Å²) in [4.78, 5) is 33.3. The fraction of sp³-hybridized carbons (Fsp3) is 0.559. The summed E-state index contributed by atoms with van der Waals surface area (Å²) in [5.41, 5.74) is 0.612. The summed E-state index contributed by atoms with van der Waals surface area (Å²) in [6.45, 7) is 10.8. The van der Waals surface area contributed by atoms with Gasteiger partial charge in [-0.2, -0.15) is 25.5 Å². The maximum absolute atomic E-state index is 13.7. The van der Waals surface area contributed by atoms with Crippen LogP contribution in [0.5, 0.6) is 0 Å². The minimum absolute atomic E-state index is 0.0716. The van der Waals surface area contributed by atoms with Crippen molar-refractivity contribution in [2.24, 2.45) is 0 Å². The van der Waals surface area contributed by atoms with E-state index in [0.717, 1.165) is 28.8 Å². The molecule has 15 nitrogen and oxygen atoms in total. The molecule has 2 fully saturated rings. The van der Waals surface area contributed by atoms with Gasteiger partial charge in [-0.05, 0) is 79.7 Å². The van der Waals surface area contributed by atoms with Crippen LogP contribution in [-0.4, -0.2) is 77.4 Å². The Morgan fingerprint density at radius 2 is 1.78 bits per heavy atom. The molecule has 0 aromatic carbocycles. The molecule has 260 valence electrons. The van der Waals surface area contributed by atoms with Crippen LogP contribution in [0.1, 0.15) is 86.3 Å². The second kappa shape index (κ2) is 12.9. The van der Waals surface area contributed by atoms with E-state index in [2.05, 4.69) is 16.3 Å². The summed E-state index contributed by atoms with van der Waals surface area (Å²) >= 11 is 0. The number of hydrogen-bond donors (Lipinski definition) is 0. The van der Waals surface area contributed by atoms with Crippen molar-refractivity contribution in [1.29, 1.82) is 5.26 Å². The first-order chi connectivity index (χ1) is 23.2. The predicted molar refractivity (Wildman–Crippen MR) is 177 cm³/mol. The molecule has 1 saturated heterocycles. The predicted octanol–water partition coefficient (Wildman–Crippen LogP) is 6.25. The summed E-state index contributed by atoms with van der Waals surface area (Å²) < 4.78 is 28.0. The monoisotopic (exact) mass is 673 g/mol. The molecular weight excluding hydrogens is 630 g/mol. The fourth-order valence-electron chi connectivity index (χ4n) is 6.16. The summed E-state index contributed by atoms with van der Waals surface area (Å²) in [6.07, 6.45) is 8.79. The number of hydrogen-bond acceptors (Lipinski definition) is 11. The molecule has 1 saturated carbocycles. The Labute approximate surface area is 284 Å². The highest BCUT2D eigenvalue weighted by atomic mass is 16.6. The van der Waals surface area contributed by atoms with Gasteiger partial charge in [0.05, 0.1) is 53.9 Å². The molecule has 6 rings (SSSR count). The van der Waals surface area contributed by atoms with Gasteiger partial charge < -0.3 is 18.9 Å². The van der Waals surface area contributed by atoms with E-state index in [1.165, 1.54) is 4.68 Å². The van der Waals surface area contributed by atoms with E-state index in [0.29, 0.717) is 49.4 Å². The number of nitriles is 1. The molecule has 0 N–H and O–H groups in total. The van der Waals surface area contributed by atoms with Gasteiger partial charge in [0.1, 0.15) is 22.6 Å². The maximum atomic E-state index is 13.7. The molecule has 49 heavy (non-hydrogen) atoms. The first kappa shape index (κ1) is 34.1. The van der Waals surface area contributed by atoms with Crippen LogP contribution < -0.4 is 4.90 Å². The lowest BCUT2D eigenvalue weighted by atomic mass is 9.72. The molecule has 0 bridgehead atoms. The molecule has 2 amide bonds. The normalized spacial score (nSPS) is 21.2. The highest BCUT2D eigenvalue weighted by Gasteiger charge is 2.47. The van der Waals surface area contributed by atoms with E-state index in [4.69, 9.17) is 29.0 Å². The number of ether oxygens (including phenoxy) is 4. The highest BCUT2D eigenvalue weighted by Crippen LogP contribution is 2.44. The molecule has 15 heteroatoms. The average molecular weight is 674 g/mol. The van der Waals surface area contributed by atoms with E-state index in [1.54, 1.807) is 77.8 Å². The smallest absolute Gasteiger partial charge is 0.425 e. The lowest BCUT2D eigenvalue weighted by Crippen LogP contribution is -2.50. The zero-order valence-corrected chi connectivity index (χ0v) is 29.0. The summed E-state index contributed by atoms with van der Waals surface area (Å²) in [5.74, 6) is 0.123. The van der Waals surface area contributed by atoms with Gasteiger partial charge in [-0.3, -0.25) is 4.68 Å². The second-order valence-electron chi connectivity index (χ2n) is 14.6. The molecule has 1 aliphatic carbocycles. The minimum Gasteiger partial charge on any atom is -0.443 e. The first-order valence-electron chi connectivity index (χ1n) is 16.5. The fourth-order valence-corrected chi connectivity index (χ4v) is 6.16. The number of imide groups is 1. The Morgan fingerprint density at radius 3 is 2.39 bits per heavy atom. The third-order valence-corrected chi connectivity index (χ3v) is 8.48. The van der Waals surface area contributed by atoms with Crippen LogP contribution in [0.25, 0.3) is 28.2 Å². The standard InChI is InChI=1S/C34H43N9O6/c1-32(2,3)48-30(44)42(31(45)49-33(4,5)6)27-16-24(39-43(27)28-10-8-9-15-47-28)25-21-40-26(11-14-36-40)29(38-25)22-19-37-41(20-22)34(12-13-35)17-23(18-34)46-7/h11,14,16,19-21,23,28H,8-10,12,15,17-18H2,1-7H3. The van der Waals surface area contributed by atoms with E-state index in [1.807, 2.05) is 16.9 Å². The van der Waals surface area contributed by atoms with Crippen LogP contribution in [0.4, 0.5) is 15.4 Å². The van der Waals surface area contributed by atoms with Gasteiger partial charge in [-0.1, -0.05) is 0 Å². The third kappa shape index (κ3) is 7.02. The van der Waals surface area contributed by atoms with Crippen molar-refractivity contribution < 1.29 is 28.5 Å². The van der Waals surface area contributed by atoms with Crippen molar-refractivity contribution in [1.82, 2.24) is 34.2 Å². The largest absolute Gasteiger partial charge is 0.443 e. The third-order valence-electron chi connectivity index (χ3n) is 8.48. The van der Waals surface area contributed by atoms with Crippen LogP contribution in [0.15, 0.2) is 36.9 Å². The lowest BCUT2D eigenvalue weighted by Gasteiger charge is -2.45. The SMILES string of the molecule is COC1CC(CC#N)(n2cc(-c3nc(-c4cc(N(C(=O)OC(C)(C)C)C(=O)OC(C)(C)C)n(C5CCCCO5)n4)cn4nccc34)cn2)C1. The molecule has 0 radical (unpaired) electrons. The Bertz CT molecular complexity index is 1850. The molecule has 2 aliphatic rings. The number of aromatic nitrogens is 7. The molecule has 1 unspecified atom stereocenters. The van der Waals surface area contributed by atoms with Gasteiger partial charge in [0, 0.05) is 31.5 Å². The van der Waals surface area contributed by atoms with Crippen LogP contribution in [0.3, 0.4) is 0 Å². The molecule has 5 heterocycles. The topological polar surface area (TPSA) is 164 Å². The van der Waals surface area contributed by atoms with Crippen LogP contribution in [0.2, 0.25) is 0 Å². The van der Waals surface area contributed by atoms with E-state index in [9.17, 15) is 14.9 Å². The number of carbonyl (C=O) groups excluding carboxylic acids is 2.